The van der Waals surface area contributed by atoms with Crippen LogP contribution in [0.15, 0.2) is 0 Å². The van der Waals surface area contributed by atoms with E-state index in [0.29, 0.717) is 0 Å². The van der Waals surface area contributed by atoms with Gasteiger partial charge in [-0.15, -0.1) is 0 Å². The number of hydrogen-bond donors (Lipinski definition) is 2. The number of nitrogens with two attached hydrogens (primary N) is 1. The van der Waals surface area contributed by atoms with Crippen LogP contribution in [0.3, 0.4) is 0 Å². The van der Waals surface area contributed by atoms with Gasteiger partial charge in [-0.2, -0.15) is 0 Å². The molecule has 1 heterocycles. The first-order valence-electron chi connectivity index (χ1n) is 4.49. The van der Waals surface area contributed by atoms with E-state index in [1.165, 1.54) is 0 Å². The van der Waals surface area contributed by atoms with Crippen molar-refractivity contribution in [3.8, 4) is 0 Å². The lowest BCUT2D eigenvalue weighted by molar-refractivity contribution is 0.0358. The molecule has 1 fully saturated rings. The highest BCUT2D eigenvalue weighted by Gasteiger charge is 2.10. The summed E-state index contributed by atoms with van der Waals surface area (Å²) in [5, 5.41) is 8.70. The van der Waals surface area contributed by atoms with E-state index < -0.39 is 0 Å². The minimum absolute atomic E-state index is 0.0622. The smallest absolute Gasteiger partial charge is 0.0594 e. The second kappa shape index (κ2) is 5.48. The van der Waals surface area contributed by atoms with E-state index in [0.717, 1.165) is 39.3 Å². The van der Waals surface area contributed by atoms with Crippen molar-refractivity contribution in [2.24, 2.45) is 5.73 Å². The number of hydrogen-bond acceptors (Lipinski definition) is 4. The molecule has 12 heavy (non-hydrogen) atoms. The summed E-state index contributed by atoms with van der Waals surface area (Å²) in [5.41, 5.74) is 5.58. The summed E-state index contributed by atoms with van der Waals surface area (Å²) in [6.45, 7) is 4.72. The first kappa shape index (κ1) is 9.92. The van der Waals surface area contributed by atoms with E-state index >= 15 is 0 Å². The third-order valence-corrected chi connectivity index (χ3v) is 2.15. The quantitative estimate of drug-likeness (QED) is 0.575. The Morgan fingerprint density at radius 1 is 1.42 bits per heavy atom. The van der Waals surface area contributed by atoms with Gasteiger partial charge in [0, 0.05) is 19.1 Å². The molecule has 0 spiro atoms. The minimum atomic E-state index is -0.0622. The molecule has 3 N–H and O–H groups in total. The van der Waals surface area contributed by atoms with E-state index in [-0.39, 0.29) is 12.6 Å². The number of morpholine rings is 1. The Morgan fingerprint density at radius 2 is 2.08 bits per heavy atom. The molecule has 1 atom stereocenters. The molecule has 0 aromatic rings. The second-order valence-electron chi connectivity index (χ2n) is 3.19. The number of nitrogens with zero attached hydrogens (tertiary/aromatic N) is 1. The standard InChI is InChI=1S/C8H18N2O2/c9-8(7-11)1-2-10-3-5-12-6-4-10/h8,11H,1-7,9H2/t8-/m1/s1. The molecule has 0 amide bonds. The summed E-state index contributed by atoms with van der Waals surface area (Å²) in [7, 11) is 0. The van der Waals surface area contributed by atoms with Crippen molar-refractivity contribution in [2.75, 3.05) is 39.5 Å². The summed E-state index contributed by atoms with van der Waals surface area (Å²) in [5.74, 6) is 0. The van der Waals surface area contributed by atoms with Crippen LogP contribution in [0.25, 0.3) is 0 Å². The predicted molar refractivity (Wildman–Crippen MR) is 46.9 cm³/mol. The lowest BCUT2D eigenvalue weighted by Gasteiger charge is -2.27. The van der Waals surface area contributed by atoms with Gasteiger partial charge in [-0.1, -0.05) is 0 Å². The maximum atomic E-state index is 8.70. The first-order chi connectivity index (χ1) is 5.83. The van der Waals surface area contributed by atoms with Crippen LogP contribution in [0.2, 0.25) is 0 Å². The summed E-state index contributed by atoms with van der Waals surface area (Å²) < 4.78 is 5.21. The molecule has 72 valence electrons. The molecule has 4 heteroatoms. The lowest BCUT2D eigenvalue weighted by Crippen LogP contribution is -2.39. The van der Waals surface area contributed by atoms with Gasteiger partial charge in [0.1, 0.15) is 0 Å². The fraction of sp³-hybridized carbons (Fsp3) is 1.00. The highest BCUT2D eigenvalue weighted by molar-refractivity contribution is 4.66. The minimum Gasteiger partial charge on any atom is -0.395 e. The Hall–Kier alpha value is -0.160. The molecule has 0 aromatic heterocycles. The third-order valence-electron chi connectivity index (χ3n) is 2.15. The topological polar surface area (TPSA) is 58.7 Å². The zero-order valence-electron chi connectivity index (χ0n) is 7.41. The summed E-state index contributed by atoms with van der Waals surface area (Å²) in [6.07, 6.45) is 0.872. The van der Waals surface area contributed by atoms with Crippen LogP contribution in [0, 0.1) is 0 Å². The van der Waals surface area contributed by atoms with E-state index in [9.17, 15) is 0 Å². The summed E-state index contributed by atoms with van der Waals surface area (Å²) >= 11 is 0. The Balaban J connectivity index is 2.05. The van der Waals surface area contributed by atoms with Gasteiger partial charge in [-0.05, 0) is 13.0 Å². The third kappa shape index (κ3) is 3.49. The Labute approximate surface area is 73.3 Å². The van der Waals surface area contributed by atoms with Crippen LogP contribution in [0.1, 0.15) is 6.42 Å². The van der Waals surface area contributed by atoms with Crippen LogP contribution in [-0.2, 0) is 4.74 Å². The van der Waals surface area contributed by atoms with Crippen molar-refractivity contribution in [3.63, 3.8) is 0 Å². The van der Waals surface area contributed by atoms with Crippen LogP contribution in [-0.4, -0.2) is 55.5 Å². The van der Waals surface area contributed by atoms with E-state index in [4.69, 9.17) is 15.6 Å². The van der Waals surface area contributed by atoms with Gasteiger partial charge < -0.3 is 15.6 Å². The van der Waals surface area contributed by atoms with Crippen molar-refractivity contribution in [2.45, 2.75) is 12.5 Å². The molecule has 0 saturated carbocycles. The fourth-order valence-corrected chi connectivity index (χ4v) is 1.26. The number of rotatable bonds is 4. The highest BCUT2D eigenvalue weighted by atomic mass is 16.5. The van der Waals surface area contributed by atoms with Crippen LogP contribution in [0.5, 0.6) is 0 Å². The van der Waals surface area contributed by atoms with Gasteiger partial charge in [-0.25, -0.2) is 0 Å². The molecule has 0 aromatic carbocycles. The van der Waals surface area contributed by atoms with Crippen molar-refractivity contribution in [3.05, 3.63) is 0 Å². The van der Waals surface area contributed by atoms with Crippen molar-refractivity contribution < 1.29 is 9.84 Å². The average Bonchev–Trinajstić information content (AvgIpc) is 2.16. The Bertz CT molecular complexity index is 116. The van der Waals surface area contributed by atoms with Gasteiger partial charge >= 0.3 is 0 Å². The second-order valence-corrected chi connectivity index (χ2v) is 3.19. The van der Waals surface area contributed by atoms with Crippen LogP contribution < -0.4 is 5.73 Å². The molecule has 1 rings (SSSR count). The van der Waals surface area contributed by atoms with Crippen molar-refractivity contribution in [1.29, 1.82) is 0 Å². The Morgan fingerprint density at radius 3 is 2.67 bits per heavy atom. The molecule has 1 aliphatic rings. The highest BCUT2D eigenvalue weighted by Crippen LogP contribution is 1.98. The number of aliphatic hydroxyl groups is 1. The fourth-order valence-electron chi connectivity index (χ4n) is 1.26. The zero-order chi connectivity index (χ0) is 8.81. The van der Waals surface area contributed by atoms with Gasteiger partial charge in [0.25, 0.3) is 0 Å². The van der Waals surface area contributed by atoms with Gasteiger partial charge in [0.15, 0.2) is 0 Å². The molecule has 1 aliphatic heterocycles. The first-order valence-corrected chi connectivity index (χ1v) is 4.49. The molecular weight excluding hydrogens is 156 g/mol. The molecule has 1 saturated heterocycles. The molecule has 0 bridgehead atoms. The average molecular weight is 174 g/mol. The van der Waals surface area contributed by atoms with E-state index in [1.54, 1.807) is 0 Å². The molecule has 0 aliphatic carbocycles. The van der Waals surface area contributed by atoms with Crippen LogP contribution in [0.4, 0.5) is 0 Å². The van der Waals surface area contributed by atoms with Gasteiger partial charge in [0.2, 0.25) is 0 Å². The number of ether oxygens (including phenoxy) is 1. The Kier molecular flexibility index (Phi) is 4.53. The number of aliphatic hydroxyl groups excluding tert-OH is 1. The SMILES string of the molecule is N[C@@H](CO)CCN1CCOCC1. The molecule has 4 nitrogen and oxygen atoms in total. The lowest BCUT2D eigenvalue weighted by atomic mass is 10.2. The molecule has 0 unspecified atom stereocenters. The van der Waals surface area contributed by atoms with Gasteiger partial charge in [-0.3, -0.25) is 4.90 Å². The van der Waals surface area contributed by atoms with Crippen molar-refractivity contribution in [1.82, 2.24) is 4.90 Å². The summed E-state index contributed by atoms with van der Waals surface area (Å²) in [4.78, 5) is 2.32. The molecular formula is C8H18N2O2. The van der Waals surface area contributed by atoms with E-state index in [1.807, 2.05) is 0 Å². The van der Waals surface area contributed by atoms with E-state index in [2.05, 4.69) is 4.90 Å². The monoisotopic (exact) mass is 174 g/mol. The predicted octanol–water partition coefficient (Wildman–Crippen LogP) is -0.972. The maximum absolute atomic E-state index is 8.70. The van der Waals surface area contributed by atoms with Gasteiger partial charge in [0.05, 0.1) is 19.8 Å². The summed E-state index contributed by atoms with van der Waals surface area (Å²) in [6, 6.07) is -0.0622. The van der Waals surface area contributed by atoms with Crippen LogP contribution >= 0.6 is 0 Å². The van der Waals surface area contributed by atoms with Crippen molar-refractivity contribution >= 4 is 0 Å². The largest absolute Gasteiger partial charge is 0.395 e. The maximum Gasteiger partial charge on any atom is 0.0594 e. The molecule has 0 radical (unpaired) electrons. The zero-order valence-corrected chi connectivity index (χ0v) is 7.41. The normalized spacial score (nSPS) is 22.5.